The lowest BCUT2D eigenvalue weighted by molar-refractivity contribution is 0.165. The predicted octanol–water partition coefficient (Wildman–Crippen LogP) is -0.473. The molecule has 1 fully saturated rings. The molecule has 11 nitrogen and oxygen atoms in total. The number of rotatable bonds is 4. The molecule has 3 heterocycles. The molecular weight excluding hydrogens is 412 g/mol. The van der Waals surface area contributed by atoms with Crippen LogP contribution in [0, 0.1) is 0 Å². The number of fused-ring (bicyclic) bond motifs is 2. The molecular formula is C21H20N8O3. The number of nitrogens with zero attached hydrogens (tertiary/aromatic N) is 5. The molecule has 0 unspecified atom stereocenters. The number of H-pyrrole nitrogens is 2. The van der Waals surface area contributed by atoms with E-state index >= 15 is 0 Å². The molecule has 0 amide bonds. The van der Waals surface area contributed by atoms with Crippen molar-refractivity contribution >= 4 is 17.7 Å². The molecule has 1 aromatic carbocycles. The van der Waals surface area contributed by atoms with Crippen LogP contribution in [0.4, 0.5) is 5.95 Å². The lowest BCUT2D eigenvalue weighted by atomic mass is 10.1. The van der Waals surface area contributed by atoms with Gasteiger partial charge in [-0.05, 0) is 30.0 Å². The number of aromatic nitrogens is 6. The van der Waals surface area contributed by atoms with Crippen molar-refractivity contribution in [1.29, 1.82) is 0 Å². The van der Waals surface area contributed by atoms with Crippen molar-refractivity contribution < 1.29 is 10.2 Å². The van der Waals surface area contributed by atoms with Gasteiger partial charge in [0.05, 0.1) is 24.4 Å². The Balaban J connectivity index is 1.49. The van der Waals surface area contributed by atoms with Gasteiger partial charge >= 0.3 is 5.69 Å². The van der Waals surface area contributed by atoms with E-state index in [1.807, 2.05) is 24.3 Å². The van der Waals surface area contributed by atoms with Crippen LogP contribution < -0.4 is 21.8 Å². The van der Waals surface area contributed by atoms with Crippen LogP contribution in [0.15, 0.2) is 40.2 Å². The number of aliphatic hydroxyl groups is 1. The van der Waals surface area contributed by atoms with E-state index < -0.39 is 11.8 Å². The third-order valence-corrected chi connectivity index (χ3v) is 5.75. The third-order valence-electron chi connectivity index (χ3n) is 5.75. The van der Waals surface area contributed by atoms with Crippen molar-refractivity contribution in [3.8, 4) is 5.88 Å². The Labute approximate surface area is 180 Å². The van der Waals surface area contributed by atoms with Gasteiger partial charge in [-0.2, -0.15) is 19.6 Å². The van der Waals surface area contributed by atoms with Crippen LogP contribution in [0.2, 0.25) is 0 Å². The zero-order valence-corrected chi connectivity index (χ0v) is 16.9. The van der Waals surface area contributed by atoms with Gasteiger partial charge in [-0.1, -0.05) is 24.3 Å². The summed E-state index contributed by atoms with van der Waals surface area (Å²) in [7, 11) is 0. The lowest BCUT2D eigenvalue weighted by Crippen LogP contribution is -2.28. The molecule has 0 radical (unpaired) electrons. The predicted molar refractivity (Wildman–Crippen MR) is 114 cm³/mol. The largest absolute Gasteiger partial charge is 0.493 e. The number of anilines is 1. The number of aromatic hydroxyl groups is 1. The first kappa shape index (κ1) is 18.8. The second-order valence-electron chi connectivity index (χ2n) is 8.12. The minimum atomic E-state index is -0.603. The standard InChI is InChI=1S/C21H20N8O3/c30-15-8-10-3-1-2-4-13(10)16(15)25-19-26-17-11(7-14-18(31)27-21(32)24-14)9-22-29(17)20(28-19)23-12-5-6-12/h1-4,7,9,12,15-16,30-31H,5-6,8H2,(H,23,25,28)(H2,24,27,32)/t15-,16+/m1/s1. The molecule has 11 heteroatoms. The van der Waals surface area contributed by atoms with Crippen LogP contribution in [0.25, 0.3) is 11.7 Å². The van der Waals surface area contributed by atoms with Gasteiger partial charge in [0, 0.05) is 11.6 Å². The van der Waals surface area contributed by atoms with Gasteiger partial charge in [-0.3, -0.25) is 4.98 Å². The summed E-state index contributed by atoms with van der Waals surface area (Å²) >= 11 is 0. The van der Waals surface area contributed by atoms with Crippen molar-refractivity contribution in [3.63, 3.8) is 0 Å². The summed E-state index contributed by atoms with van der Waals surface area (Å²) in [5.74, 6) is 0.0509. The van der Waals surface area contributed by atoms with Crippen molar-refractivity contribution in [2.45, 2.75) is 37.5 Å². The highest BCUT2D eigenvalue weighted by molar-refractivity contribution is 5.57. The van der Waals surface area contributed by atoms with E-state index in [2.05, 4.69) is 35.3 Å². The molecule has 0 bridgehead atoms. The van der Waals surface area contributed by atoms with E-state index in [1.54, 1.807) is 12.3 Å². The van der Waals surface area contributed by atoms with E-state index in [0.717, 1.165) is 24.0 Å². The Bertz CT molecular complexity index is 1510. The Morgan fingerprint density at radius 1 is 1.22 bits per heavy atom. The number of aromatic amines is 2. The van der Waals surface area contributed by atoms with Crippen molar-refractivity contribution in [2.24, 2.45) is 4.99 Å². The summed E-state index contributed by atoms with van der Waals surface area (Å²) < 4.78 is 1.54. The van der Waals surface area contributed by atoms with E-state index in [9.17, 15) is 15.0 Å². The number of imidazole rings is 1. The molecule has 0 aliphatic heterocycles. The summed E-state index contributed by atoms with van der Waals surface area (Å²) in [5, 5.41) is 28.7. The van der Waals surface area contributed by atoms with Crippen LogP contribution in [0.5, 0.6) is 5.88 Å². The lowest BCUT2D eigenvalue weighted by Gasteiger charge is -2.17. The maximum absolute atomic E-state index is 11.5. The van der Waals surface area contributed by atoms with Gasteiger partial charge in [0.25, 0.3) is 5.62 Å². The van der Waals surface area contributed by atoms with E-state index in [4.69, 9.17) is 0 Å². The third kappa shape index (κ3) is 3.23. The Morgan fingerprint density at radius 2 is 2.06 bits per heavy atom. The maximum Gasteiger partial charge on any atom is 0.326 e. The molecule has 2 atom stereocenters. The fraction of sp³-hybridized carbons (Fsp3) is 0.286. The van der Waals surface area contributed by atoms with E-state index in [1.165, 1.54) is 4.52 Å². The van der Waals surface area contributed by atoms with Gasteiger partial charge in [0.15, 0.2) is 5.65 Å². The SMILES string of the molecule is O=c1[nH]c(O)c(C=c2cnn3c(=NC4CC4)nc(N[C@H]4c5ccccc5C[C@H]4O)nc23)[nH]1. The highest BCUT2D eigenvalue weighted by atomic mass is 16.3. The second-order valence-corrected chi connectivity index (χ2v) is 8.12. The van der Waals surface area contributed by atoms with Crippen LogP contribution >= 0.6 is 0 Å². The fourth-order valence-electron chi connectivity index (χ4n) is 4.03. The Kier molecular flexibility index (Phi) is 4.12. The maximum atomic E-state index is 11.5. The highest BCUT2D eigenvalue weighted by Crippen LogP contribution is 2.33. The number of hydrogen-bond donors (Lipinski definition) is 5. The van der Waals surface area contributed by atoms with Gasteiger partial charge in [0.2, 0.25) is 11.8 Å². The minimum absolute atomic E-state index is 0.209. The molecule has 0 saturated heterocycles. The number of hydrogen-bond acceptors (Lipinski definition) is 8. The van der Waals surface area contributed by atoms with E-state index in [-0.39, 0.29) is 23.7 Å². The summed E-state index contributed by atoms with van der Waals surface area (Å²) in [6, 6.07) is 7.76. The number of aliphatic hydroxyl groups excluding tert-OH is 1. The van der Waals surface area contributed by atoms with Crippen LogP contribution in [0.1, 0.15) is 35.7 Å². The van der Waals surface area contributed by atoms with Gasteiger partial charge in [-0.25, -0.2) is 9.79 Å². The zero-order valence-electron chi connectivity index (χ0n) is 16.9. The molecule has 32 heavy (non-hydrogen) atoms. The highest BCUT2D eigenvalue weighted by Gasteiger charge is 2.31. The number of nitrogens with one attached hydrogen (secondary N) is 3. The topological polar surface area (TPSA) is 157 Å². The molecule has 1 saturated carbocycles. The number of benzene rings is 1. The summed E-state index contributed by atoms with van der Waals surface area (Å²) in [4.78, 5) is 30.1. The average molecular weight is 432 g/mol. The minimum Gasteiger partial charge on any atom is -0.493 e. The first-order valence-corrected chi connectivity index (χ1v) is 10.4. The molecule has 4 aromatic rings. The molecule has 162 valence electrons. The van der Waals surface area contributed by atoms with Gasteiger partial charge in [-0.15, -0.1) is 0 Å². The molecule has 3 aromatic heterocycles. The second kappa shape index (κ2) is 7.02. The Morgan fingerprint density at radius 3 is 2.84 bits per heavy atom. The van der Waals surface area contributed by atoms with Crippen LogP contribution in [-0.4, -0.2) is 51.9 Å². The smallest absolute Gasteiger partial charge is 0.326 e. The van der Waals surface area contributed by atoms with Crippen molar-refractivity contribution in [2.75, 3.05) is 5.32 Å². The normalized spacial score (nSPS) is 21.4. The van der Waals surface area contributed by atoms with Crippen LogP contribution in [0.3, 0.4) is 0 Å². The van der Waals surface area contributed by atoms with Crippen molar-refractivity contribution in [1.82, 2.24) is 29.5 Å². The molecule has 6 rings (SSSR count). The quantitative estimate of drug-likeness (QED) is 0.292. The first-order valence-electron chi connectivity index (χ1n) is 10.4. The molecule has 5 N–H and O–H groups in total. The van der Waals surface area contributed by atoms with Crippen LogP contribution in [-0.2, 0) is 6.42 Å². The molecule has 2 aliphatic carbocycles. The molecule has 2 aliphatic rings. The Hall–Kier alpha value is -3.99. The zero-order chi connectivity index (χ0) is 21.8. The summed E-state index contributed by atoms with van der Waals surface area (Å²) in [6.45, 7) is 0. The van der Waals surface area contributed by atoms with Crippen molar-refractivity contribution in [3.05, 3.63) is 68.6 Å². The van der Waals surface area contributed by atoms with Gasteiger partial charge in [0.1, 0.15) is 5.69 Å². The summed E-state index contributed by atoms with van der Waals surface area (Å²) in [5.41, 5.74) is 2.68. The molecule has 0 spiro atoms. The fourth-order valence-corrected chi connectivity index (χ4v) is 4.03. The average Bonchev–Trinajstić information content (AvgIpc) is 3.29. The van der Waals surface area contributed by atoms with Gasteiger partial charge < -0.3 is 20.5 Å². The monoisotopic (exact) mass is 432 g/mol. The van der Waals surface area contributed by atoms with E-state index in [0.29, 0.717) is 28.9 Å². The summed E-state index contributed by atoms with van der Waals surface area (Å²) in [6.07, 6.45) is 5.11. The first-order chi connectivity index (χ1) is 15.5.